The molecule has 14 heavy (non-hydrogen) atoms. The van der Waals surface area contributed by atoms with Crippen molar-refractivity contribution in [3.05, 3.63) is 30.1 Å². The second kappa shape index (κ2) is 4.56. The predicted molar refractivity (Wildman–Crippen MR) is 58.2 cm³/mol. The minimum Gasteiger partial charge on any atom is -0.316 e. The van der Waals surface area contributed by atoms with Gasteiger partial charge in [0, 0.05) is 17.8 Å². The van der Waals surface area contributed by atoms with Crippen molar-refractivity contribution in [1.82, 2.24) is 10.3 Å². The highest BCUT2D eigenvalue weighted by Gasteiger charge is 2.25. The molecule has 76 valence electrons. The molecular formula is C12H18N2. The highest BCUT2D eigenvalue weighted by Crippen LogP contribution is 2.30. The molecule has 0 saturated carbocycles. The maximum atomic E-state index is 4.47. The Kier molecular flexibility index (Phi) is 3.14. The highest BCUT2D eigenvalue weighted by molar-refractivity contribution is 5.11. The molecule has 1 N–H and O–H groups in total. The molecule has 2 heterocycles. The monoisotopic (exact) mass is 190 g/mol. The van der Waals surface area contributed by atoms with Gasteiger partial charge in [0.1, 0.15) is 0 Å². The van der Waals surface area contributed by atoms with Crippen LogP contribution in [0.25, 0.3) is 0 Å². The van der Waals surface area contributed by atoms with Crippen LogP contribution in [0, 0.1) is 5.92 Å². The minimum atomic E-state index is 0.645. The molecule has 2 nitrogen and oxygen atoms in total. The van der Waals surface area contributed by atoms with E-state index in [1.165, 1.54) is 25.1 Å². The number of nitrogens with one attached hydrogen (secondary N) is 1. The van der Waals surface area contributed by atoms with Crippen molar-refractivity contribution >= 4 is 0 Å². The normalized spacial score (nSPS) is 23.6. The molecule has 1 aromatic heterocycles. The van der Waals surface area contributed by atoms with Crippen LogP contribution >= 0.6 is 0 Å². The third-order valence-electron chi connectivity index (χ3n) is 3.17. The van der Waals surface area contributed by atoms with Crippen LogP contribution in [-0.4, -0.2) is 18.1 Å². The number of hydrogen-bond acceptors (Lipinski definition) is 2. The van der Waals surface area contributed by atoms with Gasteiger partial charge in [-0.2, -0.15) is 0 Å². The van der Waals surface area contributed by atoms with Gasteiger partial charge >= 0.3 is 0 Å². The lowest BCUT2D eigenvalue weighted by Crippen LogP contribution is -2.16. The summed E-state index contributed by atoms with van der Waals surface area (Å²) in [6.07, 6.45) is 4.40. The van der Waals surface area contributed by atoms with Crippen LogP contribution in [0.4, 0.5) is 0 Å². The Bertz CT molecular complexity index is 265. The van der Waals surface area contributed by atoms with E-state index in [1.807, 2.05) is 12.3 Å². The van der Waals surface area contributed by atoms with Crippen molar-refractivity contribution in [2.45, 2.75) is 25.7 Å². The Morgan fingerprint density at radius 3 is 3.07 bits per heavy atom. The van der Waals surface area contributed by atoms with E-state index in [-0.39, 0.29) is 0 Å². The van der Waals surface area contributed by atoms with Crippen LogP contribution in [0.3, 0.4) is 0 Å². The van der Waals surface area contributed by atoms with Crippen molar-refractivity contribution in [2.24, 2.45) is 5.92 Å². The first-order chi connectivity index (χ1) is 6.92. The Labute approximate surface area is 85.7 Å². The van der Waals surface area contributed by atoms with Crippen LogP contribution in [0.1, 0.15) is 31.4 Å². The second-order valence-electron chi connectivity index (χ2n) is 4.02. The molecule has 0 radical (unpaired) electrons. The standard InChI is InChI=1S/C12H18N2/c1-2-11(10-6-8-13-9-10)12-5-3-4-7-14-12/h3-5,7,10-11,13H,2,6,8-9H2,1H3. The van der Waals surface area contributed by atoms with Crippen LogP contribution in [0.15, 0.2) is 24.4 Å². The summed E-state index contributed by atoms with van der Waals surface area (Å²) in [5.41, 5.74) is 1.27. The van der Waals surface area contributed by atoms with E-state index in [2.05, 4.69) is 29.4 Å². The quantitative estimate of drug-likeness (QED) is 0.790. The molecule has 0 aromatic carbocycles. The van der Waals surface area contributed by atoms with Gasteiger partial charge in [-0.25, -0.2) is 0 Å². The lowest BCUT2D eigenvalue weighted by atomic mass is 9.86. The van der Waals surface area contributed by atoms with Gasteiger partial charge < -0.3 is 5.32 Å². The van der Waals surface area contributed by atoms with E-state index in [4.69, 9.17) is 0 Å². The van der Waals surface area contributed by atoms with Gasteiger partial charge in [0.25, 0.3) is 0 Å². The Morgan fingerprint density at radius 2 is 2.50 bits per heavy atom. The Hall–Kier alpha value is -0.890. The number of pyridine rings is 1. The van der Waals surface area contributed by atoms with Gasteiger partial charge in [-0.1, -0.05) is 13.0 Å². The fraction of sp³-hybridized carbons (Fsp3) is 0.583. The van der Waals surface area contributed by atoms with Crippen LogP contribution in [-0.2, 0) is 0 Å². The average molecular weight is 190 g/mol. The zero-order valence-corrected chi connectivity index (χ0v) is 8.74. The zero-order valence-electron chi connectivity index (χ0n) is 8.74. The van der Waals surface area contributed by atoms with E-state index in [1.54, 1.807) is 0 Å². The van der Waals surface area contributed by atoms with Gasteiger partial charge in [0.05, 0.1) is 0 Å². The predicted octanol–water partition coefficient (Wildman–Crippen LogP) is 2.18. The largest absolute Gasteiger partial charge is 0.316 e. The molecular weight excluding hydrogens is 172 g/mol. The number of hydrogen-bond donors (Lipinski definition) is 1. The first-order valence-corrected chi connectivity index (χ1v) is 5.53. The zero-order chi connectivity index (χ0) is 9.80. The lowest BCUT2D eigenvalue weighted by Gasteiger charge is -2.20. The third kappa shape index (κ3) is 1.95. The minimum absolute atomic E-state index is 0.645. The van der Waals surface area contributed by atoms with Crippen LogP contribution in [0.5, 0.6) is 0 Å². The molecule has 2 atom stereocenters. The van der Waals surface area contributed by atoms with Crippen molar-refractivity contribution in [1.29, 1.82) is 0 Å². The fourth-order valence-corrected chi connectivity index (χ4v) is 2.40. The topological polar surface area (TPSA) is 24.9 Å². The second-order valence-corrected chi connectivity index (χ2v) is 4.02. The van der Waals surface area contributed by atoms with Crippen LogP contribution < -0.4 is 5.32 Å². The van der Waals surface area contributed by atoms with Crippen LogP contribution in [0.2, 0.25) is 0 Å². The van der Waals surface area contributed by atoms with Gasteiger partial charge in [0.2, 0.25) is 0 Å². The Balaban J connectivity index is 2.12. The molecule has 1 aromatic rings. The molecule has 2 rings (SSSR count). The van der Waals surface area contributed by atoms with Gasteiger partial charge in [-0.3, -0.25) is 4.98 Å². The first kappa shape index (κ1) is 9.66. The molecule has 0 spiro atoms. The molecule has 1 aliphatic heterocycles. The smallest absolute Gasteiger partial charge is 0.0437 e. The van der Waals surface area contributed by atoms with Gasteiger partial charge in [-0.15, -0.1) is 0 Å². The number of nitrogens with zero attached hydrogens (tertiary/aromatic N) is 1. The molecule has 1 saturated heterocycles. The van der Waals surface area contributed by atoms with Crippen molar-refractivity contribution in [3.63, 3.8) is 0 Å². The number of aromatic nitrogens is 1. The highest BCUT2D eigenvalue weighted by atomic mass is 14.9. The lowest BCUT2D eigenvalue weighted by molar-refractivity contribution is 0.438. The Morgan fingerprint density at radius 1 is 1.57 bits per heavy atom. The van der Waals surface area contributed by atoms with Crippen molar-refractivity contribution < 1.29 is 0 Å². The summed E-state index contributed by atoms with van der Waals surface area (Å²) in [4.78, 5) is 4.47. The van der Waals surface area contributed by atoms with Gasteiger partial charge in [-0.05, 0) is 44.0 Å². The summed E-state index contributed by atoms with van der Waals surface area (Å²) in [6.45, 7) is 4.60. The molecule has 0 bridgehead atoms. The summed E-state index contributed by atoms with van der Waals surface area (Å²) in [6, 6.07) is 6.24. The third-order valence-corrected chi connectivity index (χ3v) is 3.17. The average Bonchev–Trinajstić information content (AvgIpc) is 2.74. The van der Waals surface area contributed by atoms with E-state index < -0.39 is 0 Å². The van der Waals surface area contributed by atoms with E-state index in [0.717, 1.165) is 12.5 Å². The summed E-state index contributed by atoms with van der Waals surface area (Å²) in [7, 11) is 0. The summed E-state index contributed by atoms with van der Waals surface area (Å²) in [5.74, 6) is 1.43. The fourth-order valence-electron chi connectivity index (χ4n) is 2.40. The summed E-state index contributed by atoms with van der Waals surface area (Å²) >= 11 is 0. The van der Waals surface area contributed by atoms with Crippen molar-refractivity contribution in [2.75, 3.05) is 13.1 Å². The van der Waals surface area contributed by atoms with E-state index in [9.17, 15) is 0 Å². The maximum absolute atomic E-state index is 4.47. The molecule has 2 heteroatoms. The SMILES string of the molecule is CCC(c1ccccn1)C1CCNC1. The molecule has 0 amide bonds. The first-order valence-electron chi connectivity index (χ1n) is 5.53. The molecule has 1 fully saturated rings. The van der Waals surface area contributed by atoms with E-state index in [0.29, 0.717) is 5.92 Å². The molecule has 2 unspecified atom stereocenters. The van der Waals surface area contributed by atoms with Gasteiger partial charge in [0.15, 0.2) is 0 Å². The molecule has 0 aliphatic carbocycles. The summed E-state index contributed by atoms with van der Waals surface area (Å²) < 4.78 is 0. The van der Waals surface area contributed by atoms with E-state index >= 15 is 0 Å². The number of rotatable bonds is 3. The summed E-state index contributed by atoms with van der Waals surface area (Å²) in [5, 5.41) is 3.43. The molecule has 1 aliphatic rings. The van der Waals surface area contributed by atoms with Crippen molar-refractivity contribution in [3.8, 4) is 0 Å². The maximum Gasteiger partial charge on any atom is 0.0437 e.